The Hall–Kier alpha value is -4.72. The topological polar surface area (TPSA) is 102 Å². The van der Waals surface area contributed by atoms with Gasteiger partial charge in [0.1, 0.15) is 11.2 Å². The molecule has 0 atom stereocenters. The van der Waals surface area contributed by atoms with Gasteiger partial charge in [-0.05, 0) is 112 Å². The van der Waals surface area contributed by atoms with E-state index in [1.807, 2.05) is 6.07 Å². The van der Waals surface area contributed by atoms with Gasteiger partial charge in [0.25, 0.3) is 0 Å². The van der Waals surface area contributed by atoms with Crippen LogP contribution in [-0.2, 0) is 21.4 Å². The third-order valence-corrected chi connectivity index (χ3v) is 7.37. The van der Waals surface area contributed by atoms with Crippen LogP contribution in [0.1, 0.15) is 84.7 Å². The molecule has 4 aromatic rings. The van der Waals surface area contributed by atoms with Crippen LogP contribution in [-0.4, -0.2) is 34.3 Å². The highest BCUT2D eigenvalue weighted by Gasteiger charge is 2.22. The third-order valence-electron chi connectivity index (χ3n) is 7.37. The van der Waals surface area contributed by atoms with Crippen LogP contribution in [0.2, 0.25) is 0 Å². The third kappa shape index (κ3) is 9.88. The molecule has 0 saturated heterocycles. The Morgan fingerprint density at radius 3 is 1.81 bits per heavy atom. The molecule has 3 aromatic carbocycles. The van der Waals surface area contributed by atoms with E-state index in [-0.39, 0.29) is 17.9 Å². The van der Waals surface area contributed by atoms with Crippen molar-refractivity contribution in [1.29, 1.82) is 0 Å². The molecule has 4 rings (SSSR count). The van der Waals surface area contributed by atoms with Crippen molar-refractivity contribution in [3.63, 3.8) is 0 Å². The van der Waals surface area contributed by atoms with Gasteiger partial charge in [-0.3, -0.25) is 15.6 Å². The Morgan fingerprint density at radius 2 is 1.23 bits per heavy atom. The summed E-state index contributed by atoms with van der Waals surface area (Å²) in [6.45, 7) is 21.4. The van der Waals surface area contributed by atoms with Gasteiger partial charge in [-0.25, -0.2) is 14.6 Å². The van der Waals surface area contributed by atoms with Crippen LogP contribution >= 0.6 is 0 Å². The van der Waals surface area contributed by atoms with Gasteiger partial charge in [-0.1, -0.05) is 69.3 Å². The molecule has 0 bridgehead atoms. The summed E-state index contributed by atoms with van der Waals surface area (Å²) in [5.41, 5.74) is 6.79. The lowest BCUT2D eigenvalue weighted by atomic mass is 9.85. The standard InChI is InChI=1S/C39H48N4O4/c1-24-18-29-22-32(28-16-12-14-26(20-28)27-15-13-17-30(21-27)37(3,4)5)41-33(31(29)19-25(24)2)23-40-34(42-35(44)46-38(6,7)8)43-36(45)47-39(9,10)11/h12-22H,23H2,1-11H3,(H2,40,42,43,44,45). The zero-order valence-corrected chi connectivity index (χ0v) is 29.6. The van der Waals surface area contributed by atoms with E-state index in [1.54, 1.807) is 41.5 Å². The number of rotatable bonds is 4. The fourth-order valence-corrected chi connectivity index (χ4v) is 4.95. The molecule has 8 heteroatoms. The van der Waals surface area contributed by atoms with E-state index in [1.165, 1.54) is 5.56 Å². The summed E-state index contributed by atoms with van der Waals surface area (Å²) in [5.74, 6) is -0.0987. The Bertz CT molecular complexity index is 1790. The molecule has 0 aliphatic rings. The molecule has 1 heterocycles. The van der Waals surface area contributed by atoms with Crippen molar-refractivity contribution < 1.29 is 19.1 Å². The maximum Gasteiger partial charge on any atom is 0.414 e. The number of hydrogen-bond acceptors (Lipinski definition) is 6. The van der Waals surface area contributed by atoms with Crippen molar-refractivity contribution >= 4 is 28.9 Å². The first-order valence-electron chi connectivity index (χ1n) is 15.9. The van der Waals surface area contributed by atoms with Gasteiger partial charge < -0.3 is 9.47 Å². The number of benzene rings is 3. The fraction of sp³-hybridized carbons (Fsp3) is 0.385. The predicted octanol–water partition coefficient (Wildman–Crippen LogP) is 9.39. The highest BCUT2D eigenvalue weighted by molar-refractivity contribution is 6.01. The summed E-state index contributed by atoms with van der Waals surface area (Å²) in [7, 11) is 0. The zero-order chi connectivity index (χ0) is 34.7. The maximum atomic E-state index is 12.7. The van der Waals surface area contributed by atoms with Crippen LogP contribution in [0.4, 0.5) is 9.59 Å². The van der Waals surface area contributed by atoms with E-state index in [4.69, 9.17) is 14.5 Å². The summed E-state index contributed by atoms with van der Waals surface area (Å²) in [4.78, 5) is 35.1. The van der Waals surface area contributed by atoms with Crippen LogP contribution in [0.25, 0.3) is 33.2 Å². The van der Waals surface area contributed by atoms with Gasteiger partial charge in [0, 0.05) is 10.9 Å². The van der Waals surface area contributed by atoms with Gasteiger partial charge >= 0.3 is 12.2 Å². The van der Waals surface area contributed by atoms with E-state index in [0.29, 0.717) is 5.69 Å². The highest BCUT2D eigenvalue weighted by atomic mass is 16.6. The lowest BCUT2D eigenvalue weighted by molar-refractivity contribution is 0.0545. The van der Waals surface area contributed by atoms with Crippen LogP contribution in [0.15, 0.2) is 71.7 Å². The lowest BCUT2D eigenvalue weighted by Gasteiger charge is -2.22. The first-order chi connectivity index (χ1) is 21.8. The van der Waals surface area contributed by atoms with E-state index in [0.717, 1.165) is 44.3 Å². The van der Waals surface area contributed by atoms with Gasteiger partial charge in [-0.15, -0.1) is 0 Å². The first-order valence-corrected chi connectivity index (χ1v) is 15.9. The van der Waals surface area contributed by atoms with E-state index in [9.17, 15) is 9.59 Å². The highest BCUT2D eigenvalue weighted by Crippen LogP contribution is 2.32. The van der Waals surface area contributed by atoms with Gasteiger partial charge in [0.15, 0.2) is 0 Å². The number of aromatic nitrogens is 1. The van der Waals surface area contributed by atoms with Crippen molar-refractivity contribution in [2.45, 2.75) is 99.3 Å². The molecule has 8 nitrogen and oxygen atoms in total. The zero-order valence-electron chi connectivity index (χ0n) is 29.6. The van der Waals surface area contributed by atoms with Crippen molar-refractivity contribution in [3.05, 3.63) is 89.1 Å². The van der Waals surface area contributed by atoms with Crippen molar-refractivity contribution in [2.24, 2.45) is 4.99 Å². The Morgan fingerprint density at radius 1 is 0.702 bits per heavy atom. The normalized spacial score (nSPS) is 12.0. The van der Waals surface area contributed by atoms with Crippen molar-refractivity contribution in [2.75, 3.05) is 0 Å². The fourth-order valence-electron chi connectivity index (χ4n) is 4.95. The molecule has 2 N–H and O–H groups in total. The summed E-state index contributed by atoms with van der Waals surface area (Å²) < 4.78 is 10.8. The molecule has 0 radical (unpaired) electrons. The number of pyridine rings is 1. The molecule has 0 spiro atoms. The van der Waals surface area contributed by atoms with E-state index in [2.05, 4.69) is 111 Å². The maximum absolute atomic E-state index is 12.7. The predicted molar refractivity (Wildman–Crippen MR) is 191 cm³/mol. The second-order valence-corrected chi connectivity index (χ2v) is 14.9. The Balaban J connectivity index is 1.77. The minimum absolute atomic E-state index is 0.0362. The number of alkyl carbamates (subject to hydrolysis) is 2. The summed E-state index contributed by atoms with van der Waals surface area (Å²) in [6.07, 6.45) is -1.50. The molecular formula is C39H48N4O4. The number of aliphatic imine (C=N–C) groups is 1. The van der Waals surface area contributed by atoms with Crippen LogP contribution in [0, 0.1) is 13.8 Å². The first kappa shape index (κ1) is 35.1. The van der Waals surface area contributed by atoms with Gasteiger partial charge in [0.2, 0.25) is 5.96 Å². The van der Waals surface area contributed by atoms with E-state index < -0.39 is 23.4 Å². The largest absolute Gasteiger partial charge is 0.444 e. The molecule has 0 aliphatic carbocycles. The number of fused-ring (bicyclic) bond motifs is 1. The molecule has 0 saturated carbocycles. The number of aryl methyl sites for hydroxylation is 2. The average molecular weight is 637 g/mol. The number of carbonyl (C=O) groups excluding carboxylic acids is 2. The average Bonchev–Trinajstić information content (AvgIpc) is 2.94. The molecule has 0 fully saturated rings. The van der Waals surface area contributed by atoms with Crippen molar-refractivity contribution in [3.8, 4) is 22.4 Å². The van der Waals surface area contributed by atoms with Crippen molar-refractivity contribution in [1.82, 2.24) is 15.6 Å². The molecule has 47 heavy (non-hydrogen) atoms. The molecule has 0 aliphatic heterocycles. The number of nitrogens with one attached hydrogen (secondary N) is 2. The molecule has 1 aromatic heterocycles. The number of amides is 2. The van der Waals surface area contributed by atoms with Crippen LogP contribution in [0.3, 0.4) is 0 Å². The minimum Gasteiger partial charge on any atom is -0.444 e. The quantitative estimate of drug-likeness (QED) is 0.172. The number of nitrogens with zero attached hydrogens (tertiary/aromatic N) is 2. The van der Waals surface area contributed by atoms with Crippen LogP contribution < -0.4 is 10.6 Å². The second kappa shape index (κ2) is 13.6. The minimum atomic E-state index is -0.752. The number of ether oxygens (including phenoxy) is 2. The smallest absolute Gasteiger partial charge is 0.414 e. The molecular weight excluding hydrogens is 588 g/mol. The molecule has 2 amide bonds. The Labute approximate surface area is 279 Å². The van der Waals surface area contributed by atoms with E-state index >= 15 is 0 Å². The Kier molecular flexibility index (Phi) is 10.1. The second-order valence-electron chi connectivity index (χ2n) is 14.9. The number of guanidine groups is 1. The lowest BCUT2D eigenvalue weighted by Crippen LogP contribution is -2.47. The monoisotopic (exact) mass is 636 g/mol. The molecule has 0 unspecified atom stereocenters. The van der Waals surface area contributed by atoms with Gasteiger partial charge in [-0.2, -0.15) is 0 Å². The SMILES string of the molecule is Cc1cc2cc(-c3cccc(-c4cccc(C(C)(C)C)c4)c3)nc(CN=C(NC(=O)OC(C)(C)C)NC(=O)OC(C)(C)C)c2cc1C. The van der Waals surface area contributed by atoms with Gasteiger partial charge in [0.05, 0.1) is 17.9 Å². The molecule has 248 valence electrons. The summed E-state index contributed by atoms with van der Waals surface area (Å²) in [6, 6.07) is 23.4. The number of hydrogen-bond donors (Lipinski definition) is 2. The summed E-state index contributed by atoms with van der Waals surface area (Å²) in [5, 5.41) is 7.08. The van der Waals surface area contributed by atoms with Crippen LogP contribution in [0.5, 0.6) is 0 Å². The number of carbonyl (C=O) groups is 2. The summed E-state index contributed by atoms with van der Waals surface area (Å²) >= 11 is 0.